The third-order valence-corrected chi connectivity index (χ3v) is 3.32. The van der Waals surface area contributed by atoms with Crippen molar-refractivity contribution in [2.75, 3.05) is 0 Å². The van der Waals surface area contributed by atoms with Gasteiger partial charge in [-0.15, -0.1) is 0 Å². The van der Waals surface area contributed by atoms with Crippen molar-refractivity contribution in [3.63, 3.8) is 0 Å². The fourth-order valence-corrected chi connectivity index (χ4v) is 2.19. The van der Waals surface area contributed by atoms with E-state index in [2.05, 4.69) is 34.7 Å². The Labute approximate surface area is 96.7 Å². The van der Waals surface area contributed by atoms with E-state index in [9.17, 15) is 4.39 Å². The van der Waals surface area contributed by atoms with Crippen molar-refractivity contribution in [3.8, 4) is 0 Å². The molecule has 1 aromatic rings. The monoisotopic (exact) mass is 300 g/mol. The largest absolute Gasteiger partial charge is 0.211 e. The Morgan fingerprint density at radius 2 is 1.86 bits per heavy atom. The zero-order chi connectivity index (χ0) is 9.97. The predicted octanol–water partition coefficient (Wildman–Crippen LogP) is 4.13. The van der Waals surface area contributed by atoms with E-state index in [1.165, 1.54) is 11.1 Å². The molecule has 0 aliphatic heterocycles. The summed E-state index contributed by atoms with van der Waals surface area (Å²) in [6.07, 6.45) is 4.23. The van der Waals surface area contributed by atoms with Crippen molar-refractivity contribution >= 4 is 28.2 Å². The van der Waals surface area contributed by atoms with Gasteiger partial charge < -0.3 is 0 Å². The molecule has 1 unspecified atom stereocenters. The SMILES string of the molecule is FC1=CC=C(c2ccccc2)CC1I. The quantitative estimate of drug-likeness (QED) is 0.540. The molecule has 2 rings (SSSR count). The first kappa shape index (κ1) is 9.90. The summed E-state index contributed by atoms with van der Waals surface area (Å²) in [5.41, 5.74) is 2.41. The Kier molecular flexibility index (Phi) is 3.01. The van der Waals surface area contributed by atoms with E-state index in [1.54, 1.807) is 6.08 Å². The highest BCUT2D eigenvalue weighted by atomic mass is 127. The maximum atomic E-state index is 13.1. The number of halogens is 2. The normalized spacial score (nSPS) is 21.4. The van der Waals surface area contributed by atoms with Crippen LogP contribution < -0.4 is 0 Å². The van der Waals surface area contributed by atoms with E-state index in [1.807, 2.05) is 24.3 Å². The summed E-state index contributed by atoms with van der Waals surface area (Å²) in [7, 11) is 0. The van der Waals surface area contributed by atoms with Gasteiger partial charge in [0.15, 0.2) is 0 Å². The molecular weight excluding hydrogens is 290 g/mol. The first-order chi connectivity index (χ1) is 6.77. The maximum Gasteiger partial charge on any atom is 0.113 e. The molecule has 0 amide bonds. The molecule has 0 heterocycles. The summed E-state index contributed by atoms with van der Waals surface area (Å²) in [5, 5.41) is 0. The van der Waals surface area contributed by atoms with Gasteiger partial charge >= 0.3 is 0 Å². The van der Waals surface area contributed by atoms with Gasteiger partial charge in [-0.1, -0.05) is 59.0 Å². The van der Waals surface area contributed by atoms with Gasteiger partial charge in [0.1, 0.15) is 5.83 Å². The summed E-state index contributed by atoms with van der Waals surface area (Å²) in [6.45, 7) is 0. The summed E-state index contributed by atoms with van der Waals surface area (Å²) in [4.78, 5) is 0. The molecule has 0 saturated carbocycles. The van der Waals surface area contributed by atoms with E-state index in [-0.39, 0.29) is 9.75 Å². The van der Waals surface area contributed by atoms with Crippen LogP contribution in [0.3, 0.4) is 0 Å². The highest BCUT2D eigenvalue weighted by molar-refractivity contribution is 14.1. The minimum Gasteiger partial charge on any atom is -0.211 e. The third kappa shape index (κ3) is 2.05. The molecule has 0 spiro atoms. The highest BCUT2D eigenvalue weighted by Crippen LogP contribution is 2.31. The first-order valence-electron chi connectivity index (χ1n) is 4.53. The van der Waals surface area contributed by atoms with Crippen LogP contribution in [0.4, 0.5) is 4.39 Å². The molecule has 0 bridgehead atoms. The van der Waals surface area contributed by atoms with Crippen LogP contribution in [0.5, 0.6) is 0 Å². The van der Waals surface area contributed by atoms with Crippen molar-refractivity contribution < 1.29 is 4.39 Å². The van der Waals surface area contributed by atoms with E-state index in [4.69, 9.17) is 0 Å². The highest BCUT2D eigenvalue weighted by Gasteiger charge is 2.16. The molecule has 72 valence electrons. The lowest BCUT2D eigenvalue weighted by Crippen LogP contribution is -2.03. The van der Waals surface area contributed by atoms with Crippen LogP contribution in [0.2, 0.25) is 0 Å². The molecule has 0 N–H and O–H groups in total. The minimum absolute atomic E-state index is 0.00666. The van der Waals surface area contributed by atoms with Crippen molar-refractivity contribution in [1.82, 2.24) is 0 Å². The topological polar surface area (TPSA) is 0 Å². The molecule has 1 atom stereocenters. The predicted molar refractivity (Wildman–Crippen MR) is 66.0 cm³/mol. The number of hydrogen-bond donors (Lipinski definition) is 0. The number of hydrogen-bond acceptors (Lipinski definition) is 0. The molecule has 1 aliphatic carbocycles. The lowest BCUT2D eigenvalue weighted by atomic mass is 9.97. The van der Waals surface area contributed by atoms with Crippen LogP contribution >= 0.6 is 22.6 Å². The van der Waals surface area contributed by atoms with Gasteiger partial charge in [0.2, 0.25) is 0 Å². The van der Waals surface area contributed by atoms with E-state index < -0.39 is 0 Å². The molecule has 14 heavy (non-hydrogen) atoms. The zero-order valence-corrected chi connectivity index (χ0v) is 9.74. The molecule has 0 nitrogen and oxygen atoms in total. The summed E-state index contributed by atoms with van der Waals surface area (Å²) in [6, 6.07) is 10.1. The second-order valence-corrected chi connectivity index (χ2v) is 4.78. The molecule has 1 aromatic carbocycles. The lowest BCUT2D eigenvalue weighted by Gasteiger charge is -2.15. The maximum absolute atomic E-state index is 13.1. The fourth-order valence-electron chi connectivity index (χ4n) is 1.51. The van der Waals surface area contributed by atoms with Gasteiger partial charge in [-0.2, -0.15) is 0 Å². The van der Waals surface area contributed by atoms with Gasteiger partial charge in [0.05, 0.1) is 3.92 Å². The zero-order valence-electron chi connectivity index (χ0n) is 7.58. The molecule has 0 saturated heterocycles. The molecule has 0 fully saturated rings. The molecular formula is C12H10FI. The average Bonchev–Trinajstić information content (AvgIpc) is 2.23. The second kappa shape index (κ2) is 4.26. The van der Waals surface area contributed by atoms with Crippen LogP contribution in [0.25, 0.3) is 5.57 Å². The minimum atomic E-state index is -0.0229. The molecule has 0 aromatic heterocycles. The first-order valence-corrected chi connectivity index (χ1v) is 5.77. The Morgan fingerprint density at radius 3 is 2.50 bits per heavy atom. The van der Waals surface area contributed by atoms with Gasteiger partial charge in [-0.25, -0.2) is 4.39 Å². The smallest absolute Gasteiger partial charge is 0.113 e. The number of allylic oxidation sites excluding steroid dienone is 4. The molecule has 2 heteroatoms. The van der Waals surface area contributed by atoms with Crippen molar-refractivity contribution in [2.24, 2.45) is 0 Å². The van der Waals surface area contributed by atoms with Crippen molar-refractivity contribution in [3.05, 3.63) is 53.9 Å². The average molecular weight is 300 g/mol. The van der Waals surface area contributed by atoms with Gasteiger partial charge in [0, 0.05) is 0 Å². The lowest BCUT2D eigenvalue weighted by molar-refractivity contribution is 0.605. The van der Waals surface area contributed by atoms with Crippen molar-refractivity contribution in [1.29, 1.82) is 0 Å². The van der Waals surface area contributed by atoms with Crippen LogP contribution in [0.15, 0.2) is 48.3 Å². The van der Waals surface area contributed by atoms with Gasteiger partial charge in [-0.3, -0.25) is 0 Å². The standard InChI is InChI=1S/C12H10FI/c13-11-7-6-10(8-12(11)14)9-4-2-1-3-5-9/h1-7,12H,8H2. The Hall–Kier alpha value is -0.640. The number of benzene rings is 1. The van der Waals surface area contributed by atoms with E-state index in [0.29, 0.717) is 0 Å². The Balaban J connectivity index is 2.30. The van der Waals surface area contributed by atoms with E-state index >= 15 is 0 Å². The molecule has 1 aliphatic rings. The van der Waals surface area contributed by atoms with Crippen LogP contribution in [0.1, 0.15) is 12.0 Å². The fraction of sp³-hybridized carbons (Fsp3) is 0.167. The van der Waals surface area contributed by atoms with Crippen LogP contribution in [-0.4, -0.2) is 3.92 Å². The third-order valence-electron chi connectivity index (χ3n) is 2.29. The Bertz CT molecular complexity index is 379. The number of alkyl halides is 1. The van der Waals surface area contributed by atoms with Gasteiger partial charge in [0.25, 0.3) is 0 Å². The second-order valence-electron chi connectivity index (χ2n) is 3.28. The summed E-state index contributed by atoms with van der Waals surface area (Å²) < 4.78 is 13.1. The summed E-state index contributed by atoms with van der Waals surface area (Å²) >= 11 is 2.14. The summed E-state index contributed by atoms with van der Waals surface area (Å²) in [5.74, 6) is -0.0229. The van der Waals surface area contributed by atoms with E-state index in [0.717, 1.165) is 6.42 Å². The van der Waals surface area contributed by atoms with Crippen molar-refractivity contribution in [2.45, 2.75) is 10.3 Å². The number of rotatable bonds is 1. The van der Waals surface area contributed by atoms with Crippen LogP contribution in [0, 0.1) is 0 Å². The Morgan fingerprint density at radius 1 is 1.14 bits per heavy atom. The molecule has 0 radical (unpaired) electrons. The van der Waals surface area contributed by atoms with Gasteiger partial charge in [-0.05, 0) is 23.6 Å². The van der Waals surface area contributed by atoms with Crippen LogP contribution in [-0.2, 0) is 0 Å².